The first kappa shape index (κ1) is 16.2. The molecule has 0 saturated carbocycles. The maximum atomic E-state index is 6.20. The van der Waals surface area contributed by atoms with Crippen LogP contribution in [0.15, 0.2) is 0 Å². The Morgan fingerprint density at radius 1 is 1.00 bits per heavy atom. The van der Waals surface area contributed by atoms with E-state index in [1.807, 2.05) is 0 Å². The molecule has 0 aromatic heterocycles. The highest BCUT2D eigenvalue weighted by Crippen LogP contribution is 2.29. The molecule has 0 radical (unpaired) electrons. The number of hydrogen-bond donors (Lipinski definition) is 1. The van der Waals surface area contributed by atoms with E-state index in [-0.39, 0.29) is 5.54 Å². The van der Waals surface area contributed by atoms with Crippen molar-refractivity contribution in [2.24, 2.45) is 5.73 Å². The smallest absolute Gasteiger partial charge is 0.0471 e. The lowest BCUT2D eigenvalue weighted by Gasteiger charge is -2.47. The maximum absolute atomic E-state index is 6.20. The van der Waals surface area contributed by atoms with E-state index >= 15 is 0 Å². The second kappa shape index (κ2) is 6.73. The Labute approximate surface area is 125 Å². The molecule has 2 rings (SSSR count). The van der Waals surface area contributed by atoms with Gasteiger partial charge in [0.2, 0.25) is 0 Å². The molecule has 118 valence electrons. The van der Waals surface area contributed by atoms with E-state index in [9.17, 15) is 0 Å². The van der Waals surface area contributed by atoms with Crippen LogP contribution in [0, 0.1) is 0 Å². The predicted octanol–water partition coefficient (Wildman–Crippen LogP) is 1.21. The molecule has 20 heavy (non-hydrogen) atoms. The third kappa shape index (κ3) is 3.19. The molecule has 0 aliphatic carbocycles. The summed E-state index contributed by atoms with van der Waals surface area (Å²) in [6.45, 7) is 17.2. The Bertz CT molecular complexity index is 299. The first-order valence-corrected chi connectivity index (χ1v) is 8.45. The summed E-state index contributed by atoms with van der Waals surface area (Å²) in [7, 11) is 0. The van der Waals surface area contributed by atoms with Crippen LogP contribution in [0.1, 0.15) is 40.5 Å². The van der Waals surface area contributed by atoms with Crippen LogP contribution in [-0.4, -0.2) is 78.1 Å². The highest BCUT2D eigenvalue weighted by atomic mass is 15.4. The summed E-state index contributed by atoms with van der Waals surface area (Å²) in [5.41, 5.74) is 6.44. The quantitative estimate of drug-likeness (QED) is 0.822. The molecule has 2 saturated heterocycles. The molecular formula is C16H34N4. The third-order valence-electron chi connectivity index (χ3n) is 5.67. The highest BCUT2D eigenvalue weighted by molar-refractivity contribution is 5.02. The Morgan fingerprint density at radius 2 is 1.65 bits per heavy atom. The van der Waals surface area contributed by atoms with Gasteiger partial charge >= 0.3 is 0 Å². The summed E-state index contributed by atoms with van der Waals surface area (Å²) in [5, 5.41) is 0. The molecule has 0 bridgehead atoms. The molecule has 2 unspecified atom stereocenters. The van der Waals surface area contributed by atoms with Crippen LogP contribution in [0.4, 0.5) is 0 Å². The number of nitrogens with zero attached hydrogens (tertiary/aromatic N) is 3. The molecule has 0 aromatic rings. The Balaban J connectivity index is 1.94. The minimum Gasteiger partial charge on any atom is -0.329 e. The van der Waals surface area contributed by atoms with E-state index in [1.165, 1.54) is 45.6 Å². The lowest BCUT2D eigenvalue weighted by atomic mass is 9.95. The first-order chi connectivity index (χ1) is 9.52. The minimum absolute atomic E-state index is 0.242. The number of rotatable bonds is 5. The number of piperazine rings is 1. The van der Waals surface area contributed by atoms with Crippen LogP contribution in [0.25, 0.3) is 0 Å². The van der Waals surface area contributed by atoms with Crippen LogP contribution >= 0.6 is 0 Å². The van der Waals surface area contributed by atoms with Crippen LogP contribution in [0.5, 0.6) is 0 Å². The molecule has 0 aromatic carbocycles. The molecule has 2 N–H and O–H groups in total. The van der Waals surface area contributed by atoms with Crippen molar-refractivity contribution in [2.45, 2.75) is 58.2 Å². The Hall–Kier alpha value is -0.160. The largest absolute Gasteiger partial charge is 0.329 e. The van der Waals surface area contributed by atoms with E-state index in [2.05, 4.69) is 42.4 Å². The lowest BCUT2D eigenvalue weighted by Crippen LogP contribution is -2.62. The van der Waals surface area contributed by atoms with Crippen LogP contribution in [0.2, 0.25) is 0 Å². The fraction of sp³-hybridized carbons (Fsp3) is 1.00. The monoisotopic (exact) mass is 282 g/mol. The van der Waals surface area contributed by atoms with Gasteiger partial charge in [0.25, 0.3) is 0 Å². The summed E-state index contributed by atoms with van der Waals surface area (Å²) in [5.74, 6) is 0. The molecule has 2 aliphatic rings. The summed E-state index contributed by atoms with van der Waals surface area (Å²) < 4.78 is 0. The Kier molecular flexibility index (Phi) is 5.46. The van der Waals surface area contributed by atoms with Gasteiger partial charge in [-0.15, -0.1) is 0 Å². The average molecular weight is 282 g/mol. The van der Waals surface area contributed by atoms with Gasteiger partial charge in [0, 0.05) is 63.4 Å². The van der Waals surface area contributed by atoms with Crippen LogP contribution in [0.3, 0.4) is 0 Å². The van der Waals surface area contributed by atoms with Gasteiger partial charge in [-0.25, -0.2) is 0 Å². The van der Waals surface area contributed by atoms with Gasteiger partial charge in [-0.3, -0.25) is 14.7 Å². The fourth-order valence-corrected chi connectivity index (χ4v) is 3.78. The van der Waals surface area contributed by atoms with Crippen molar-refractivity contribution < 1.29 is 0 Å². The molecule has 2 aliphatic heterocycles. The zero-order valence-corrected chi connectivity index (χ0v) is 13.9. The van der Waals surface area contributed by atoms with Crippen molar-refractivity contribution in [3.63, 3.8) is 0 Å². The first-order valence-electron chi connectivity index (χ1n) is 8.45. The predicted molar refractivity (Wildman–Crippen MR) is 86.0 cm³/mol. The number of nitrogens with two attached hydrogens (primary N) is 1. The van der Waals surface area contributed by atoms with Gasteiger partial charge in [-0.1, -0.05) is 6.92 Å². The van der Waals surface area contributed by atoms with Gasteiger partial charge < -0.3 is 5.73 Å². The van der Waals surface area contributed by atoms with E-state index < -0.39 is 0 Å². The van der Waals surface area contributed by atoms with Gasteiger partial charge in [-0.05, 0) is 33.6 Å². The molecule has 2 fully saturated rings. The summed E-state index contributed by atoms with van der Waals surface area (Å²) in [6.07, 6.45) is 2.49. The molecule has 2 atom stereocenters. The SMILES string of the molecule is CCC(C)N1CCN(C2(CN)CCN(C(C)C)C2)CC1. The van der Waals surface area contributed by atoms with Crippen LogP contribution in [-0.2, 0) is 0 Å². The molecule has 0 spiro atoms. The molecule has 0 amide bonds. The topological polar surface area (TPSA) is 35.7 Å². The maximum Gasteiger partial charge on any atom is 0.0471 e. The summed E-state index contributed by atoms with van der Waals surface area (Å²) in [4.78, 5) is 7.91. The van der Waals surface area contributed by atoms with Crippen molar-refractivity contribution in [3.8, 4) is 0 Å². The third-order valence-corrected chi connectivity index (χ3v) is 5.67. The number of hydrogen-bond acceptors (Lipinski definition) is 4. The van der Waals surface area contributed by atoms with Crippen LogP contribution < -0.4 is 5.73 Å². The standard InChI is InChI=1S/C16H34N4/c1-5-15(4)18-8-10-20(11-9-18)16(12-17)6-7-19(13-16)14(2)3/h14-15H,5-13,17H2,1-4H3. The number of likely N-dealkylation sites (tertiary alicyclic amines) is 1. The van der Waals surface area contributed by atoms with Crippen molar-refractivity contribution >= 4 is 0 Å². The van der Waals surface area contributed by atoms with Crippen molar-refractivity contribution in [1.29, 1.82) is 0 Å². The minimum atomic E-state index is 0.242. The summed E-state index contributed by atoms with van der Waals surface area (Å²) in [6, 6.07) is 1.37. The molecule has 2 heterocycles. The van der Waals surface area contributed by atoms with Crippen molar-refractivity contribution in [2.75, 3.05) is 45.8 Å². The molecule has 4 heteroatoms. The van der Waals surface area contributed by atoms with E-state index in [1.54, 1.807) is 0 Å². The lowest BCUT2D eigenvalue weighted by molar-refractivity contribution is 0.0254. The van der Waals surface area contributed by atoms with Crippen molar-refractivity contribution in [1.82, 2.24) is 14.7 Å². The second-order valence-corrected chi connectivity index (χ2v) is 7.02. The average Bonchev–Trinajstić information content (AvgIpc) is 2.92. The van der Waals surface area contributed by atoms with E-state index in [0.717, 1.165) is 19.1 Å². The summed E-state index contributed by atoms with van der Waals surface area (Å²) >= 11 is 0. The van der Waals surface area contributed by atoms with Gasteiger partial charge in [0.05, 0.1) is 0 Å². The molecule has 4 nitrogen and oxygen atoms in total. The van der Waals surface area contributed by atoms with Gasteiger partial charge in [0.15, 0.2) is 0 Å². The Morgan fingerprint density at radius 3 is 2.10 bits per heavy atom. The molecular weight excluding hydrogens is 248 g/mol. The second-order valence-electron chi connectivity index (χ2n) is 7.02. The zero-order valence-electron chi connectivity index (χ0n) is 13.9. The van der Waals surface area contributed by atoms with Crippen molar-refractivity contribution in [3.05, 3.63) is 0 Å². The fourth-order valence-electron chi connectivity index (χ4n) is 3.78. The van der Waals surface area contributed by atoms with E-state index in [0.29, 0.717) is 6.04 Å². The van der Waals surface area contributed by atoms with Gasteiger partial charge in [0.1, 0.15) is 0 Å². The van der Waals surface area contributed by atoms with Gasteiger partial charge in [-0.2, -0.15) is 0 Å². The normalized spacial score (nSPS) is 32.1. The highest BCUT2D eigenvalue weighted by Gasteiger charge is 2.43. The zero-order chi connectivity index (χ0) is 14.8. The van der Waals surface area contributed by atoms with E-state index in [4.69, 9.17) is 5.73 Å².